The molecule has 5 nitrogen and oxygen atoms in total. The number of thiazole rings is 1. The van der Waals surface area contributed by atoms with E-state index in [0.717, 1.165) is 17.9 Å². The Kier molecular flexibility index (Phi) is 4.42. The minimum atomic E-state index is -3.46. The summed E-state index contributed by atoms with van der Waals surface area (Å²) in [5.74, 6) is 0.503. The van der Waals surface area contributed by atoms with Gasteiger partial charge in [0, 0.05) is 23.3 Å². The van der Waals surface area contributed by atoms with Crippen molar-refractivity contribution in [3.8, 4) is 5.75 Å². The van der Waals surface area contributed by atoms with Gasteiger partial charge >= 0.3 is 0 Å². The quantitative estimate of drug-likeness (QED) is 0.679. The summed E-state index contributed by atoms with van der Waals surface area (Å²) in [5.41, 5.74) is 3.14. The van der Waals surface area contributed by atoms with E-state index < -0.39 is 9.84 Å². The lowest BCUT2D eigenvalue weighted by Gasteiger charge is -2.31. The lowest BCUT2D eigenvalue weighted by molar-refractivity contribution is 0.313. The molecular formula is C19H18N2O3S2. The first-order valence-electron chi connectivity index (χ1n) is 8.25. The Balaban J connectivity index is 1.68. The van der Waals surface area contributed by atoms with Crippen LogP contribution in [0.2, 0.25) is 0 Å². The van der Waals surface area contributed by atoms with E-state index in [1.807, 2.05) is 12.1 Å². The number of rotatable bonds is 4. The summed E-state index contributed by atoms with van der Waals surface area (Å²) in [4.78, 5) is 6.49. The molecule has 7 heteroatoms. The molecule has 134 valence electrons. The molecule has 0 amide bonds. The molecule has 2 aromatic carbocycles. The summed E-state index contributed by atoms with van der Waals surface area (Å²) in [5, 5.41) is 2.37. The average molecular weight is 386 g/mol. The van der Waals surface area contributed by atoms with Gasteiger partial charge in [0.1, 0.15) is 23.1 Å². The van der Waals surface area contributed by atoms with Crippen LogP contribution in [0, 0.1) is 6.92 Å². The molecule has 0 fully saturated rings. The first-order chi connectivity index (χ1) is 12.5. The topological polar surface area (TPSA) is 59.5 Å². The van der Waals surface area contributed by atoms with E-state index >= 15 is 0 Å². The van der Waals surface area contributed by atoms with Gasteiger partial charge in [0.25, 0.3) is 0 Å². The van der Waals surface area contributed by atoms with Crippen LogP contribution in [0.1, 0.15) is 10.6 Å². The maximum absolute atomic E-state index is 12.7. The van der Waals surface area contributed by atoms with Gasteiger partial charge in [-0.1, -0.05) is 12.1 Å². The molecule has 1 aromatic heterocycles. The zero-order valence-corrected chi connectivity index (χ0v) is 15.9. The zero-order chi connectivity index (χ0) is 18.1. The second-order valence-corrected chi connectivity index (χ2v) is 9.12. The Labute approximate surface area is 156 Å². The lowest BCUT2D eigenvalue weighted by atomic mass is 10.1. The summed E-state index contributed by atoms with van der Waals surface area (Å²) in [6.45, 7) is 3.29. The van der Waals surface area contributed by atoms with Gasteiger partial charge in [-0.2, -0.15) is 0 Å². The summed E-state index contributed by atoms with van der Waals surface area (Å²) >= 11 is 1.34. The number of nitrogens with zero attached hydrogens (tertiary/aromatic N) is 2. The highest BCUT2D eigenvalue weighted by Crippen LogP contribution is 2.38. The highest BCUT2D eigenvalue weighted by molar-refractivity contribution is 7.90. The molecule has 3 aromatic rings. The normalized spacial score (nSPS) is 14.0. The minimum absolute atomic E-state index is 0.0922. The molecule has 0 atom stereocenters. The number of aromatic nitrogens is 1. The number of aryl methyl sites for hydroxylation is 1. The van der Waals surface area contributed by atoms with Crippen LogP contribution in [0.25, 0.3) is 0 Å². The molecule has 0 aliphatic carbocycles. The number of benzene rings is 2. The number of hydrogen-bond acceptors (Lipinski definition) is 6. The number of sulfone groups is 1. The van der Waals surface area contributed by atoms with E-state index in [4.69, 9.17) is 4.74 Å². The molecule has 0 bridgehead atoms. The van der Waals surface area contributed by atoms with Crippen LogP contribution in [0.5, 0.6) is 5.75 Å². The highest BCUT2D eigenvalue weighted by atomic mass is 32.2. The van der Waals surface area contributed by atoms with E-state index in [2.05, 4.69) is 35.0 Å². The van der Waals surface area contributed by atoms with Crippen LogP contribution in [0.4, 0.5) is 11.4 Å². The Morgan fingerprint density at radius 1 is 1.23 bits per heavy atom. The van der Waals surface area contributed by atoms with E-state index in [-0.39, 0.29) is 10.6 Å². The first kappa shape index (κ1) is 17.1. The minimum Gasteiger partial charge on any atom is -0.489 e. The molecule has 0 spiro atoms. The van der Waals surface area contributed by atoms with Crippen LogP contribution < -0.4 is 9.64 Å². The molecule has 4 rings (SSSR count). The van der Waals surface area contributed by atoms with Gasteiger partial charge in [-0.15, -0.1) is 11.3 Å². The lowest BCUT2D eigenvalue weighted by Crippen LogP contribution is -2.28. The molecule has 26 heavy (non-hydrogen) atoms. The third kappa shape index (κ3) is 3.32. The Morgan fingerprint density at radius 3 is 2.88 bits per heavy atom. The second kappa shape index (κ2) is 6.74. The monoisotopic (exact) mass is 386 g/mol. The standard InChI is InChI=1S/C19H18N2O3S2/c1-14-3-2-4-15(11-14)21-8-9-24-18-12-16(5-6-17(18)21)26(22,23)13-19-20-7-10-25-19/h2-7,10-12H,8-9,13H2,1H3. The van der Waals surface area contributed by atoms with E-state index in [1.54, 1.807) is 23.7 Å². The summed E-state index contributed by atoms with van der Waals surface area (Å²) in [6.07, 6.45) is 1.62. The molecule has 1 aliphatic heterocycles. The van der Waals surface area contributed by atoms with Crippen LogP contribution in [0.15, 0.2) is 58.9 Å². The maximum atomic E-state index is 12.7. The van der Waals surface area contributed by atoms with Crippen molar-refractivity contribution in [3.63, 3.8) is 0 Å². The fourth-order valence-corrected chi connectivity index (χ4v) is 5.29. The van der Waals surface area contributed by atoms with Crippen LogP contribution in [0.3, 0.4) is 0 Å². The SMILES string of the molecule is Cc1cccc(N2CCOc3cc(S(=O)(=O)Cc4nccs4)ccc32)c1. The number of ether oxygens (including phenoxy) is 1. The highest BCUT2D eigenvalue weighted by Gasteiger charge is 2.24. The Hall–Kier alpha value is -2.38. The van der Waals surface area contributed by atoms with Gasteiger partial charge in [-0.05, 0) is 36.8 Å². The smallest absolute Gasteiger partial charge is 0.185 e. The second-order valence-electron chi connectivity index (χ2n) is 6.15. The van der Waals surface area contributed by atoms with Gasteiger partial charge in [-0.25, -0.2) is 13.4 Å². The van der Waals surface area contributed by atoms with Crippen molar-refractivity contribution < 1.29 is 13.2 Å². The largest absolute Gasteiger partial charge is 0.489 e. The summed E-state index contributed by atoms with van der Waals surface area (Å²) < 4.78 is 31.1. The van der Waals surface area contributed by atoms with Gasteiger partial charge in [0.05, 0.1) is 17.1 Å². The van der Waals surface area contributed by atoms with Crippen molar-refractivity contribution >= 4 is 32.5 Å². The van der Waals surface area contributed by atoms with Crippen molar-refractivity contribution in [2.75, 3.05) is 18.1 Å². The number of fused-ring (bicyclic) bond motifs is 1. The molecule has 0 saturated heterocycles. The van der Waals surface area contributed by atoms with Gasteiger partial charge < -0.3 is 9.64 Å². The summed E-state index contributed by atoms with van der Waals surface area (Å²) in [6, 6.07) is 13.3. The zero-order valence-electron chi connectivity index (χ0n) is 14.3. The molecular weight excluding hydrogens is 368 g/mol. The average Bonchev–Trinajstić information content (AvgIpc) is 3.13. The number of anilines is 2. The third-order valence-electron chi connectivity index (χ3n) is 4.26. The number of hydrogen-bond donors (Lipinski definition) is 0. The van der Waals surface area contributed by atoms with E-state index in [9.17, 15) is 8.42 Å². The van der Waals surface area contributed by atoms with Crippen molar-refractivity contribution in [1.29, 1.82) is 0 Å². The fraction of sp³-hybridized carbons (Fsp3) is 0.211. The van der Waals surface area contributed by atoms with Crippen molar-refractivity contribution in [2.24, 2.45) is 0 Å². The Morgan fingerprint density at radius 2 is 2.12 bits per heavy atom. The summed E-state index contributed by atoms with van der Waals surface area (Å²) in [7, 11) is -3.46. The first-order valence-corrected chi connectivity index (χ1v) is 10.8. The molecule has 2 heterocycles. The van der Waals surface area contributed by atoms with Crippen molar-refractivity contribution in [1.82, 2.24) is 4.98 Å². The molecule has 0 unspecified atom stereocenters. The third-order valence-corrected chi connectivity index (χ3v) is 6.85. The van der Waals surface area contributed by atoms with Crippen LogP contribution in [-0.4, -0.2) is 26.6 Å². The van der Waals surface area contributed by atoms with Gasteiger partial charge in [-0.3, -0.25) is 0 Å². The van der Waals surface area contributed by atoms with Crippen molar-refractivity contribution in [3.05, 3.63) is 64.6 Å². The van der Waals surface area contributed by atoms with E-state index in [0.29, 0.717) is 17.4 Å². The Bertz CT molecular complexity index is 1030. The predicted octanol–water partition coefficient (Wildman–Crippen LogP) is 3.96. The predicted molar refractivity (Wildman–Crippen MR) is 103 cm³/mol. The molecule has 0 radical (unpaired) electrons. The fourth-order valence-electron chi connectivity index (χ4n) is 3.03. The van der Waals surface area contributed by atoms with E-state index in [1.165, 1.54) is 16.9 Å². The molecule has 0 saturated carbocycles. The molecule has 1 aliphatic rings. The van der Waals surface area contributed by atoms with Crippen molar-refractivity contribution in [2.45, 2.75) is 17.6 Å². The maximum Gasteiger partial charge on any atom is 0.185 e. The van der Waals surface area contributed by atoms with Crippen LogP contribution >= 0.6 is 11.3 Å². The van der Waals surface area contributed by atoms with Crippen LogP contribution in [-0.2, 0) is 15.6 Å². The molecule has 0 N–H and O–H groups in total. The van der Waals surface area contributed by atoms with Gasteiger partial charge in [0.2, 0.25) is 0 Å². The van der Waals surface area contributed by atoms with Gasteiger partial charge in [0.15, 0.2) is 9.84 Å².